The maximum absolute atomic E-state index is 12.4. The lowest BCUT2D eigenvalue weighted by Crippen LogP contribution is -2.37. The normalized spacial score (nSPS) is 14.9. The first-order valence-electron chi connectivity index (χ1n) is 17.7. The number of phosphoric ester groups is 1. The van der Waals surface area contributed by atoms with Gasteiger partial charge in [0.1, 0.15) is 19.3 Å². The second-order valence-electron chi connectivity index (χ2n) is 12.5. The maximum Gasteiger partial charge on any atom is 0.472 e. The Kier molecular flexibility index (Phi) is 29.9. The van der Waals surface area contributed by atoms with Crippen LogP contribution in [0, 0.1) is 0 Å². The van der Waals surface area contributed by atoms with Crippen molar-refractivity contribution in [2.75, 3.05) is 54.1 Å². The Hall–Kier alpha value is -2.06. The van der Waals surface area contributed by atoms with Crippen LogP contribution in [0.1, 0.15) is 104 Å². The van der Waals surface area contributed by atoms with Crippen LogP contribution in [0.4, 0.5) is 0 Å². The minimum atomic E-state index is -4.27. The molecule has 9 heteroatoms. The van der Waals surface area contributed by atoms with E-state index in [-0.39, 0.29) is 25.8 Å². The first kappa shape index (κ1) is 44.9. The van der Waals surface area contributed by atoms with Gasteiger partial charge in [-0.05, 0) is 57.8 Å². The molecule has 0 rings (SSSR count). The quantitative estimate of drug-likeness (QED) is 0.0256. The summed E-state index contributed by atoms with van der Waals surface area (Å²) >= 11 is 0. The first-order valence-corrected chi connectivity index (χ1v) is 19.2. The minimum Gasteiger partial charge on any atom is -0.457 e. The average molecular weight is 681 g/mol. The van der Waals surface area contributed by atoms with Crippen molar-refractivity contribution in [1.29, 1.82) is 0 Å². The number of likely N-dealkylation sites (N-methyl/N-ethyl adjacent to an activating group) is 1. The van der Waals surface area contributed by atoms with E-state index in [1.807, 2.05) is 21.1 Å². The molecule has 8 nitrogen and oxygen atoms in total. The van der Waals surface area contributed by atoms with Crippen molar-refractivity contribution in [1.82, 2.24) is 0 Å². The van der Waals surface area contributed by atoms with Crippen molar-refractivity contribution in [2.24, 2.45) is 0 Å². The monoisotopic (exact) mass is 680 g/mol. The number of esters is 1. The fraction of sp³-hybridized carbons (Fsp3) is 0.658. The standard InChI is InChI=1S/C38H66NO7P/c1-6-8-10-12-13-14-15-16-17-18-19-20-21-22-23-24-25-26-28-30-33-43-35-37(46-38(40)31-29-27-11-9-7-2)36-45-47(41,42)44-34-32-39(3,4)5/h8,10,13-14,16-17,19-20,22-23,25-26,37H,6-7,9,11-12,15,18,21,24,27-36H2,1-5H3/p+1/b10-8-,14-13-,17-16-,20-19-,23-22-,26-25-. The number of nitrogens with zero attached hydrogens (tertiary/aromatic N) is 1. The van der Waals surface area contributed by atoms with Gasteiger partial charge in [-0.15, -0.1) is 0 Å². The molecule has 47 heavy (non-hydrogen) atoms. The highest BCUT2D eigenvalue weighted by atomic mass is 31.2. The number of allylic oxidation sites excluding steroid dienone is 12. The van der Waals surface area contributed by atoms with Crippen LogP contribution in [0.25, 0.3) is 0 Å². The Balaban J connectivity index is 4.30. The number of carbonyl (C=O) groups is 1. The summed E-state index contributed by atoms with van der Waals surface area (Å²) in [5, 5.41) is 0. The fourth-order valence-corrected chi connectivity index (χ4v) is 4.78. The fourth-order valence-electron chi connectivity index (χ4n) is 4.04. The van der Waals surface area contributed by atoms with Crippen molar-refractivity contribution >= 4 is 13.8 Å². The van der Waals surface area contributed by atoms with Crippen LogP contribution in [0.15, 0.2) is 72.9 Å². The van der Waals surface area contributed by atoms with Crippen LogP contribution in [0.2, 0.25) is 0 Å². The predicted octanol–water partition coefficient (Wildman–Crippen LogP) is 9.59. The van der Waals surface area contributed by atoms with Crippen LogP contribution >= 0.6 is 7.82 Å². The Labute approximate surface area is 287 Å². The van der Waals surface area contributed by atoms with Gasteiger partial charge in [0, 0.05) is 13.0 Å². The molecule has 0 aromatic carbocycles. The number of ether oxygens (including phenoxy) is 2. The lowest BCUT2D eigenvalue weighted by atomic mass is 10.1. The lowest BCUT2D eigenvalue weighted by molar-refractivity contribution is -0.870. The van der Waals surface area contributed by atoms with E-state index in [0.717, 1.165) is 83.5 Å². The molecular weight excluding hydrogens is 613 g/mol. The third-order valence-electron chi connectivity index (χ3n) is 6.78. The molecule has 0 saturated heterocycles. The molecule has 2 atom stereocenters. The molecule has 270 valence electrons. The van der Waals surface area contributed by atoms with E-state index in [1.54, 1.807) is 0 Å². The molecule has 0 heterocycles. The number of hydrogen-bond acceptors (Lipinski definition) is 6. The van der Waals surface area contributed by atoms with Gasteiger partial charge in [0.15, 0.2) is 0 Å². The van der Waals surface area contributed by atoms with E-state index in [2.05, 4.69) is 86.8 Å². The molecule has 0 bridgehead atoms. The third-order valence-corrected chi connectivity index (χ3v) is 7.77. The molecule has 0 aromatic rings. The number of carbonyl (C=O) groups excluding carboxylic acids is 1. The summed E-state index contributed by atoms with van der Waals surface area (Å²) in [7, 11) is 1.61. The van der Waals surface area contributed by atoms with Gasteiger partial charge in [0.2, 0.25) is 0 Å². The highest BCUT2D eigenvalue weighted by molar-refractivity contribution is 7.47. The smallest absolute Gasteiger partial charge is 0.457 e. The second kappa shape index (κ2) is 31.2. The van der Waals surface area contributed by atoms with Gasteiger partial charge in [0.05, 0.1) is 34.4 Å². The number of unbranched alkanes of at least 4 members (excludes halogenated alkanes) is 5. The molecule has 0 radical (unpaired) electrons. The summed E-state index contributed by atoms with van der Waals surface area (Å²) in [6, 6.07) is 0. The summed E-state index contributed by atoms with van der Waals surface area (Å²) in [5.74, 6) is -0.351. The number of hydrogen-bond donors (Lipinski definition) is 1. The largest absolute Gasteiger partial charge is 0.472 e. The molecule has 2 unspecified atom stereocenters. The van der Waals surface area contributed by atoms with Crippen LogP contribution < -0.4 is 0 Å². The molecule has 0 aliphatic rings. The zero-order chi connectivity index (χ0) is 34.9. The SMILES string of the molecule is CC/C=C\C/C=C\C/C=C\C/C=C\C/C=C\C/C=C\CCCOCC(COP(=O)(O)OCC[N+](C)(C)C)OC(=O)CCCCCCC. The average Bonchev–Trinajstić information content (AvgIpc) is 3.01. The van der Waals surface area contributed by atoms with Gasteiger partial charge in [-0.1, -0.05) is 112 Å². The van der Waals surface area contributed by atoms with Crippen molar-refractivity contribution in [3.8, 4) is 0 Å². The van der Waals surface area contributed by atoms with Gasteiger partial charge >= 0.3 is 13.8 Å². The van der Waals surface area contributed by atoms with E-state index in [0.29, 0.717) is 24.1 Å². The predicted molar refractivity (Wildman–Crippen MR) is 196 cm³/mol. The van der Waals surface area contributed by atoms with Gasteiger partial charge in [-0.3, -0.25) is 13.8 Å². The molecule has 0 saturated carbocycles. The number of phosphoric acid groups is 1. The Morgan fingerprint density at radius 3 is 1.74 bits per heavy atom. The molecule has 0 fully saturated rings. The lowest BCUT2D eigenvalue weighted by Gasteiger charge is -2.24. The van der Waals surface area contributed by atoms with E-state index >= 15 is 0 Å². The van der Waals surface area contributed by atoms with Gasteiger partial charge in [-0.25, -0.2) is 4.57 Å². The zero-order valence-corrected chi connectivity index (χ0v) is 31.1. The zero-order valence-electron chi connectivity index (χ0n) is 30.2. The highest BCUT2D eigenvalue weighted by Gasteiger charge is 2.26. The summed E-state index contributed by atoms with van der Waals surface area (Å²) in [5.41, 5.74) is 0. The van der Waals surface area contributed by atoms with Crippen molar-refractivity contribution in [2.45, 2.75) is 110 Å². The van der Waals surface area contributed by atoms with Crippen molar-refractivity contribution in [3.05, 3.63) is 72.9 Å². The van der Waals surface area contributed by atoms with Crippen LogP contribution in [-0.4, -0.2) is 75.6 Å². The summed E-state index contributed by atoms with van der Waals surface area (Å²) in [4.78, 5) is 22.5. The summed E-state index contributed by atoms with van der Waals surface area (Å²) in [6.45, 7) is 5.21. The molecular formula is C38H67NO7P+. The molecule has 0 aromatic heterocycles. The minimum absolute atomic E-state index is 0.0740. The Morgan fingerprint density at radius 1 is 0.681 bits per heavy atom. The number of rotatable bonds is 31. The topological polar surface area (TPSA) is 91.3 Å². The van der Waals surface area contributed by atoms with Crippen molar-refractivity contribution in [3.63, 3.8) is 0 Å². The van der Waals surface area contributed by atoms with E-state index in [1.165, 1.54) is 0 Å². The van der Waals surface area contributed by atoms with Gasteiger partial charge < -0.3 is 18.9 Å². The molecule has 0 amide bonds. The molecule has 1 N–H and O–H groups in total. The van der Waals surface area contributed by atoms with E-state index in [4.69, 9.17) is 18.5 Å². The van der Waals surface area contributed by atoms with Crippen LogP contribution in [0.5, 0.6) is 0 Å². The summed E-state index contributed by atoms with van der Waals surface area (Å²) in [6.07, 6.45) is 38.4. The van der Waals surface area contributed by atoms with Gasteiger partial charge in [0.25, 0.3) is 0 Å². The highest BCUT2D eigenvalue weighted by Crippen LogP contribution is 2.43. The van der Waals surface area contributed by atoms with E-state index < -0.39 is 13.9 Å². The van der Waals surface area contributed by atoms with Crippen LogP contribution in [-0.2, 0) is 27.9 Å². The first-order chi connectivity index (χ1) is 22.6. The summed E-state index contributed by atoms with van der Waals surface area (Å²) < 4.78 is 34.5. The van der Waals surface area contributed by atoms with Gasteiger partial charge in [-0.2, -0.15) is 0 Å². The molecule has 0 aliphatic heterocycles. The van der Waals surface area contributed by atoms with E-state index in [9.17, 15) is 14.3 Å². The van der Waals surface area contributed by atoms with Crippen LogP contribution in [0.3, 0.4) is 0 Å². The second-order valence-corrected chi connectivity index (χ2v) is 14.0. The third kappa shape index (κ3) is 35.1. The molecule has 0 aliphatic carbocycles. The molecule has 0 spiro atoms. The Bertz CT molecular complexity index is 979. The number of quaternary nitrogens is 1. The maximum atomic E-state index is 12.4. The Morgan fingerprint density at radius 2 is 1.21 bits per heavy atom. The van der Waals surface area contributed by atoms with Crippen molar-refractivity contribution < 1.29 is 37.3 Å².